The fraction of sp³-hybridized carbons (Fsp3) is 0.222. The summed E-state index contributed by atoms with van der Waals surface area (Å²) in [6, 6.07) is 8.54. The summed E-state index contributed by atoms with van der Waals surface area (Å²) >= 11 is 0. The van der Waals surface area contributed by atoms with Gasteiger partial charge in [0, 0.05) is 0 Å². The number of benzene rings is 1. The van der Waals surface area contributed by atoms with Gasteiger partial charge in [-0.3, -0.25) is 4.79 Å². The largest absolute Gasteiger partial charge is 1.00 e. The molecule has 0 bridgehead atoms. The van der Waals surface area contributed by atoms with E-state index in [0.29, 0.717) is 6.42 Å². The maximum Gasteiger partial charge on any atom is 1.00 e. The molecule has 0 amide bonds. The summed E-state index contributed by atoms with van der Waals surface area (Å²) in [6.07, 6.45) is 0.385. The molecule has 0 unspecified atom stereocenters. The molecule has 13 heavy (non-hydrogen) atoms. The van der Waals surface area contributed by atoms with E-state index in [-0.39, 0.29) is 52.8 Å². The fourth-order valence-corrected chi connectivity index (χ4v) is 0.955. The second kappa shape index (κ2) is 6.70. The summed E-state index contributed by atoms with van der Waals surface area (Å²) in [6.45, 7) is 0. The van der Waals surface area contributed by atoms with Crippen LogP contribution in [0.1, 0.15) is 6.99 Å². The molecule has 3 N–H and O–H groups in total. The zero-order valence-electron chi connectivity index (χ0n) is 8.60. The van der Waals surface area contributed by atoms with Crippen molar-refractivity contribution < 1.29 is 62.7 Å². The molecule has 0 aromatic heterocycles. The SMILES string of the molecule is N[C@H](Cc1ccccc1)C(=O)O.[H-].[K+]. The molecule has 0 aliphatic heterocycles. The quantitative estimate of drug-likeness (QED) is 0.548. The van der Waals surface area contributed by atoms with Gasteiger partial charge < -0.3 is 12.3 Å². The first-order chi connectivity index (χ1) is 5.70. The van der Waals surface area contributed by atoms with E-state index in [1.54, 1.807) is 0 Å². The number of carboxylic acid groups (broad SMARTS) is 1. The van der Waals surface area contributed by atoms with Crippen LogP contribution in [-0.4, -0.2) is 17.1 Å². The van der Waals surface area contributed by atoms with Crippen molar-refractivity contribution in [1.82, 2.24) is 0 Å². The first kappa shape index (κ1) is 13.3. The Hall–Kier alpha value is 0.286. The fourth-order valence-electron chi connectivity index (χ4n) is 0.955. The van der Waals surface area contributed by atoms with E-state index in [4.69, 9.17) is 10.8 Å². The van der Waals surface area contributed by atoms with Gasteiger partial charge in [0.2, 0.25) is 0 Å². The molecular weight excluding hydrogens is 193 g/mol. The summed E-state index contributed by atoms with van der Waals surface area (Å²) in [4.78, 5) is 10.4. The van der Waals surface area contributed by atoms with Gasteiger partial charge in [-0.2, -0.15) is 0 Å². The second-order valence-corrected chi connectivity index (χ2v) is 2.63. The van der Waals surface area contributed by atoms with Gasteiger partial charge >= 0.3 is 57.4 Å². The number of aliphatic carboxylic acids is 1. The average Bonchev–Trinajstić information content (AvgIpc) is 2.06. The van der Waals surface area contributed by atoms with Gasteiger partial charge in [0.25, 0.3) is 0 Å². The maximum absolute atomic E-state index is 10.4. The van der Waals surface area contributed by atoms with Gasteiger partial charge in [0.05, 0.1) is 0 Å². The Morgan fingerprint density at radius 2 is 2.00 bits per heavy atom. The van der Waals surface area contributed by atoms with Crippen LogP contribution in [0.5, 0.6) is 0 Å². The number of hydrogen-bond acceptors (Lipinski definition) is 2. The third-order valence-electron chi connectivity index (χ3n) is 1.62. The van der Waals surface area contributed by atoms with Crippen LogP contribution in [0.4, 0.5) is 0 Å². The Bertz CT molecular complexity index is 269. The number of hydrogen-bond donors (Lipinski definition) is 2. The molecule has 0 aliphatic carbocycles. The van der Waals surface area contributed by atoms with Crippen molar-refractivity contribution in [3.63, 3.8) is 0 Å². The minimum Gasteiger partial charge on any atom is -1.00 e. The van der Waals surface area contributed by atoms with Crippen molar-refractivity contribution >= 4 is 5.97 Å². The molecule has 1 rings (SSSR count). The van der Waals surface area contributed by atoms with Crippen LogP contribution < -0.4 is 57.1 Å². The van der Waals surface area contributed by atoms with Crippen molar-refractivity contribution in [1.29, 1.82) is 0 Å². The van der Waals surface area contributed by atoms with Gasteiger partial charge in [-0.1, -0.05) is 30.3 Å². The Morgan fingerprint density at radius 3 is 2.46 bits per heavy atom. The maximum atomic E-state index is 10.4. The molecule has 0 saturated heterocycles. The van der Waals surface area contributed by atoms with Crippen LogP contribution in [0.2, 0.25) is 0 Å². The van der Waals surface area contributed by atoms with E-state index < -0.39 is 12.0 Å². The summed E-state index contributed by atoms with van der Waals surface area (Å²) in [5.74, 6) is -0.959. The van der Waals surface area contributed by atoms with Crippen LogP contribution in [0, 0.1) is 0 Å². The Kier molecular flexibility index (Phi) is 6.85. The summed E-state index contributed by atoms with van der Waals surface area (Å²) in [7, 11) is 0. The Morgan fingerprint density at radius 1 is 1.46 bits per heavy atom. The first-order valence-corrected chi connectivity index (χ1v) is 3.72. The molecule has 1 atom stereocenters. The van der Waals surface area contributed by atoms with Crippen molar-refractivity contribution in [3.8, 4) is 0 Å². The molecule has 0 spiro atoms. The number of nitrogens with two attached hydrogens (primary N) is 1. The number of carbonyl (C=O) groups is 1. The molecule has 0 fully saturated rings. The Labute approximate surface area is 121 Å². The molecule has 0 radical (unpaired) electrons. The molecule has 0 aliphatic rings. The summed E-state index contributed by atoms with van der Waals surface area (Å²) in [5.41, 5.74) is 6.30. The summed E-state index contributed by atoms with van der Waals surface area (Å²) < 4.78 is 0. The standard InChI is InChI=1S/C9H11NO2.K.H/c10-8(9(11)12)6-7-4-2-1-3-5-7;;/h1-5,8H,6,10H2,(H,11,12);;/q;+1;-1/t8-;;/m1../s1. The van der Waals surface area contributed by atoms with Gasteiger partial charge in [-0.05, 0) is 12.0 Å². The van der Waals surface area contributed by atoms with Crippen LogP contribution >= 0.6 is 0 Å². The third kappa shape index (κ3) is 4.90. The van der Waals surface area contributed by atoms with Crippen molar-refractivity contribution in [2.75, 3.05) is 0 Å². The van der Waals surface area contributed by atoms with E-state index in [1.807, 2.05) is 30.3 Å². The predicted molar refractivity (Wildman–Crippen MR) is 46.9 cm³/mol. The number of rotatable bonds is 3. The van der Waals surface area contributed by atoms with Crippen LogP contribution in [0.25, 0.3) is 0 Å². The molecule has 0 heterocycles. The smallest absolute Gasteiger partial charge is 1.00 e. The van der Waals surface area contributed by atoms with Gasteiger partial charge in [-0.15, -0.1) is 0 Å². The Balaban J connectivity index is 0. The van der Waals surface area contributed by atoms with Crippen LogP contribution in [0.3, 0.4) is 0 Å². The molecule has 1 aromatic carbocycles. The van der Waals surface area contributed by atoms with Crippen molar-refractivity contribution in [2.24, 2.45) is 5.73 Å². The molecule has 3 nitrogen and oxygen atoms in total. The molecule has 4 heteroatoms. The van der Waals surface area contributed by atoms with E-state index in [1.165, 1.54) is 0 Å². The zero-order chi connectivity index (χ0) is 8.97. The average molecular weight is 205 g/mol. The minimum absolute atomic E-state index is 0. The number of carboxylic acids is 1. The van der Waals surface area contributed by atoms with E-state index >= 15 is 0 Å². The summed E-state index contributed by atoms with van der Waals surface area (Å²) in [5, 5.41) is 8.52. The van der Waals surface area contributed by atoms with Gasteiger partial charge in [0.1, 0.15) is 6.04 Å². The predicted octanol–water partition coefficient (Wildman–Crippen LogP) is -2.24. The molecular formula is C9H12KNO2. The molecule has 1 aromatic rings. The van der Waals surface area contributed by atoms with E-state index in [9.17, 15) is 4.79 Å². The molecule has 66 valence electrons. The van der Waals surface area contributed by atoms with Crippen LogP contribution in [0.15, 0.2) is 30.3 Å². The van der Waals surface area contributed by atoms with E-state index in [0.717, 1.165) is 5.56 Å². The monoisotopic (exact) mass is 205 g/mol. The van der Waals surface area contributed by atoms with Crippen LogP contribution in [-0.2, 0) is 11.2 Å². The second-order valence-electron chi connectivity index (χ2n) is 2.63. The van der Waals surface area contributed by atoms with E-state index in [2.05, 4.69) is 0 Å². The third-order valence-corrected chi connectivity index (χ3v) is 1.62. The van der Waals surface area contributed by atoms with Crippen molar-refractivity contribution in [3.05, 3.63) is 35.9 Å². The van der Waals surface area contributed by atoms with Gasteiger partial charge in [-0.25, -0.2) is 0 Å². The van der Waals surface area contributed by atoms with Gasteiger partial charge in [0.15, 0.2) is 0 Å². The van der Waals surface area contributed by atoms with Crippen molar-refractivity contribution in [2.45, 2.75) is 12.5 Å². The molecule has 0 saturated carbocycles. The minimum atomic E-state index is -0.959. The topological polar surface area (TPSA) is 63.3 Å². The normalized spacial score (nSPS) is 11.5. The first-order valence-electron chi connectivity index (χ1n) is 3.72. The zero-order valence-corrected chi connectivity index (χ0v) is 10.7.